The molecule has 0 saturated carbocycles. The van der Waals surface area contributed by atoms with E-state index >= 15 is 0 Å². The van der Waals surface area contributed by atoms with Gasteiger partial charge < -0.3 is 23.7 Å². The molecule has 1 aliphatic heterocycles. The summed E-state index contributed by atoms with van der Waals surface area (Å²) in [6.45, 7) is 4.06. The summed E-state index contributed by atoms with van der Waals surface area (Å²) in [6, 6.07) is 13.1. The summed E-state index contributed by atoms with van der Waals surface area (Å²) in [5.74, 6) is 6.36. The molecule has 0 N–H and O–H groups in total. The lowest BCUT2D eigenvalue weighted by molar-refractivity contribution is -0.162. The topological polar surface area (TPSA) is 80.3 Å². The van der Waals surface area contributed by atoms with Crippen molar-refractivity contribution in [1.29, 1.82) is 0 Å². The van der Waals surface area contributed by atoms with Crippen LogP contribution in [0.25, 0.3) is 6.08 Å². The molecule has 0 aliphatic carbocycles. The van der Waals surface area contributed by atoms with E-state index in [0.29, 0.717) is 31.1 Å². The fourth-order valence-corrected chi connectivity index (χ4v) is 4.23. The molecule has 1 fully saturated rings. The molecule has 1 heterocycles. The van der Waals surface area contributed by atoms with Crippen LogP contribution in [0.15, 0.2) is 48.5 Å². The van der Waals surface area contributed by atoms with Crippen LogP contribution in [0.3, 0.4) is 0 Å². The molecule has 7 nitrogen and oxygen atoms in total. The van der Waals surface area contributed by atoms with E-state index in [1.807, 2.05) is 36.4 Å². The number of esters is 2. The molecular weight excluding hydrogens is 508 g/mol. The van der Waals surface area contributed by atoms with E-state index in [-0.39, 0.29) is 12.3 Å². The first kappa shape index (κ1) is 30.9. The third-order valence-corrected chi connectivity index (χ3v) is 6.32. The van der Waals surface area contributed by atoms with Crippen LogP contribution >= 0.6 is 0 Å². The number of hydrogen-bond acceptors (Lipinski definition) is 7. The largest absolute Gasteiger partial charge is 0.493 e. The Balaban J connectivity index is 1.55. The Labute approximate surface area is 237 Å². The molecule has 7 heteroatoms. The highest BCUT2D eigenvalue weighted by Gasteiger charge is 2.13. The number of ether oxygens (including phenoxy) is 5. The lowest BCUT2D eigenvalue weighted by Gasteiger charge is -2.22. The summed E-state index contributed by atoms with van der Waals surface area (Å²) in [5, 5.41) is 0. The fraction of sp³-hybridized carbons (Fsp3) is 0.455. The first-order valence-electron chi connectivity index (χ1n) is 14.1. The third kappa shape index (κ3) is 10.9. The maximum absolute atomic E-state index is 12.0. The average Bonchev–Trinajstić information content (AvgIpc) is 2.99. The number of rotatable bonds is 14. The summed E-state index contributed by atoms with van der Waals surface area (Å²) in [7, 11) is 1.34. The molecule has 1 aliphatic rings. The molecular formula is C33H40O7. The summed E-state index contributed by atoms with van der Waals surface area (Å²) in [4.78, 5) is 23.8. The molecule has 2 aromatic carbocycles. The van der Waals surface area contributed by atoms with Gasteiger partial charge in [0.05, 0.1) is 25.9 Å². The number of aryl methyl sites for hydroxylation is 1. The number of methoxy groups -OCH3 is 1. The first-order valence-corrected chi connectivity index (χ1v) is 14.1. The van der Waals surface area contributed by atoms with Gasteiger partial charge in [0.25, 0.3) is 0 Å². The minimum atomic E-state index is -0.447. The number of benzene rings is 2. The summed E-state index contributed by atoms with van der Waals surface area (Å²) < 4.78 is 27.3. The van der Waals surface area contributed by atoms with E-state index in [1.54, 1.807) is 19.1 Å². The zero-order valence-electron chi connectivity index (χ0n) is 23.6. The monoisotopic (exact) mass is 548 g/mol. The normalized spacial score (nSPS) is 14.8. The van der Waals surface area contributed by atoms with Crippen molar-refractivity contribution in [1.82, 2.24) is 0 Å². The number of unbranched alkanes of at least 4 members (excludes halogenated alkanes) is 2. The van der Waals surface area contributed by atoms with Gasteiger partial charge in [-0.1, -0.05) is 30.0 Å². The van der Waals surface area contributed by atoms with Gasteiger partial charge in [-0.15, -0.1) is 0 Å². The van der Waals surface area contributed by atoms with E-state index < -0.39 is 5.97 Å². The number of hydrogen-bond donors (Lipinski definition) is 0. The zero-order valence-corrected chi connectivity index (χ0v) is 23.6. The Morgan fingerprint density at radius 1 is 1.07 bits per heavy atom. The van der Waals surface area contributed by atoms with Crippen molar-refractivity contribution in [3.05, 3.63) is 70.8 Å². The van der Waals surface area contributed by atoms with Crippen molar-refractivity contribution in [2.24, 2.45) is 0 Å². The molecule has 2 aromatic rings. The highest BCUT2D eigenvalue weighted by molar-refractivity contribution is 5.89. The second kappa shape index (κ2) is 17.9. The predicted octanol–water partition coefficient (Wildman–Crippen LogP) is 6.13. The van der Waals surface area contributed by atoms with Crippen LogP contribution in [-0.2, 0) is 30.2 Å². The summed E-state index contributed by atoms with van der Waals surface area (Å²) >= 11 is 0. The Hall–Kier alpha value is -3.60. The van der Waals surface area contributed by atoms with Crippen LogP contribution in [0.5, 0.6) is 5.75 Å². The van der Waals surface area contributed by atoms with Crippen LogP contribution in [0.4, 0.5) is 0 Å². The molecule has 214 valence electrons. The van der Waals surface area contributed by atoms with Crippen molar-refractivity contribution < 1.29 is 33.3 Å². The van der Waals surface area contributed by atoms with Gasteiger partial charge in [-0.05, 0) is 87.8 Å². The van der Waals surface area contributed by atoms with Gasteiger partial charge in [-0.3, -0.25) is 0 Å². The second-order valence-corrected chi connectivity index (χ2v) is 9.37. The van der Waals surface area contributed by atoms with Crippen molar-refractivity contribution in [3.8, 4) is 17.6 Å². The lowest BCUT2D eigenvalue weighted by atomic mass is 10.1. The molecule has 0 bridgehead atoms. The maximum atomic E-state index is 12.0. The SMILES string of the molecule is CCOC(=O)c1cccc(CCCOc2cccc(C#CCCCCOC3CCCCO3)c2/C=C/C(=O)OC)c1. The van der Waals surface area contributed by atoms with Crippen molar-refractivity contribution >= 4 is 18.0 Å². The Morgan fingerprint density at radius 2 is 1.95 bits per heavy atom. The summed E-state index contributed by atoms with van der Waals surface area (Å²) in [5.41, 5.74) is 3.11. The van der Waals surface area contributed by atoms with E-state index in [9.17, 15) is 9.59 Å². The van der Waals surface area contributed by atoms with Crippen molar-refractivity contribution in [3.63, 3.8) is 0 Å². The van der Waals surface area contributed by atoms with Crippen molar-refractivity contribution in [2.75, 3.05) is 33.5 Å². The molecule has 1 saturated heterocycles. The molecule has 1 unspecified atom stereocenters. The fourth-order valence-electron chi connectivity index (χ4n) is 4.23. The molecule has 0 spiro atoms. The van der Waals surface area contributed by atoms with Crippen LogP contribution in [0, 0.1) is 11.8 Å². The van der Waals surface area contributed by atoms with E-state index in [1.165, 1.54) is 13.2 Å². The molecule has 3 rings (SSSR count). The molecule has 1 atom stereocenters. The highest BCUT2D eigenvalue weighted by Crippen LogP contribution is 2.24. The molecule has 40 heavy (non-hydrogen) atoms. The van der Waals surface area contributed by atoms with Gasteiger partial charge in [0, 0.05) is 36.8 Å². The van der Waals surface area contributed by atoms with Gasteiger partial charge in [0.2, 0.25) is 0 Å². The van der Waals surface area contributed by atoms with E-state index in [2.05, 4.69) is 11.8 Å². The van der Waals surface area contributed by atoms with Gasteiger partial charge in [0.1, 0.15) is 5.75 Å². The Kier molecular flexibility index (Phi) is 13.8. The standard InChI is InChI=1S/C33H40O7/c1-3-37-33(35)28-17-10-13-26(25-28)14-12-24-38-30-18-11-16-27(29(30)20-21-31(34)36-2)15-6-4-5-8-22-39-32-19-7-9-23-40-32/h10-11,13,16-18,20-21,25,32H,3-5,7-9,12,14,19,22-24H2,1-2H3/b21-20+. The van der Waals surface area contributed by atoms with Crippen LogP contribution < -0.4 is 4.74 Å². The maximum Gasteiger partial charge on any atom is 0.338 e. The van der Waals surface area contributed by atoms with Crippen molar-refractivity contribution in [2.45, 2.75) is 64.6 Å². The number of carbonyl (C=O) groups is 2. The minimum Gasteiger partial charge on any atom is -0.493 e. The Bertz CT molecular complexity index is 1170. The van der Waals surface area contributed by atoms with Gasteiger partial charge in [0.15, 0.2) is 6.29 Å². The summed E-state index contributed by atoms with van der Waals surface area (Å²) in [6.07, 6.45) is 10.4. The lowest BCUT2D eigenvalue weighted by Crippen LogP contribution is -2.22. The van der Waals surface area contributed by atoms with E-state index in [4.69, 9.17) is 23.7 Å². The predicted molar refractivity (Wildman–Crippen MR) is 154 cm³/mol. The van der Waals surface area contributed by atoms with Crippen LogP contribution in [0.2, 0.25) is 0 Å². The van der Waals surface area contributed by atoms with Gasteiger partial charge in [-0.2, -0.15) is 0 Å². The van der Waals surface area contributed by atoms with Crippen LogP contribution in [0.1, 0.15) is 78.9 Å². The second-order valence-electron chi connectivity index (χ2n) is 9.37. The zero-order chi connectivity index (χ0) is 28.4. The third-order valence-electron chi connectivity index (χ3n) is 6.32. The van der Waals surface area contributed by atoms with Gasteiger partial charge >= 0.3 is 11.9 Å². The first-order chi connectivity index (χ1) is 19.6. The highest BCUT2D eigenvalue weighted by atomic mass is 16.7. The van der Waals surface area contributed by atoms with Gasteiger partial charge in [-0.25, -0.2) is 9.59 Å². The molecule has 0 aromatic heterocycles. The molecule has 0 radical (unpaired) electrons. The van der Waals surface area contributed by atoms with Crippen LogP contribution in [-0.4, -0.2) is 51.8 Å². The minimum absolute atomic E-state index is 0.0542. The smallest absolute Gasteiger partial charge is 0.338 e. The quantitative estimate of drug-likeness (QED) is 0.122. The average molecular weight is 549 g/mol. The molecule has 0 amide bonds. The Morgan fingerprint density at radius 3 is 2.75 bits per heavy atom. The number of carbonyl (C=O) groups excluding carboxylic acids is 2. The van der Waals surface area contributed by atoms with E-state index in [0.717, 1.165) is 74.7 Å².